The van der Waals surface area contributed by atoms with Crippen molar-refractivity contribution in [2.24, 2.45) is 0 Å². The van der Waals surface area contributed by atoms with Gasteiger partial charge in [0.25, 0.3) is 0 Å². The lowest BCUT2D eigenvalue weighted by Crippen LogP contribution is -2.32. The van der Waals surface area contributed by atoms with Crippen LogP contribution in [0.2, 0.25) is 0 Å². The van der Waals surface area contributed by atoms with Gasteiger partial charge in [0.15, 0.2) is 0 Å². The number of carbonyl (C=O) groups is 1. The van der Waals surface area contributed by atoms with Crippen molar-refractivity contribution in [3.05, 3.63) is 65.0 Å². The average Bonchev–Trinajstić information content (AvgIpc) is 2.52. The van der Waals surface area contributed by atoms with Crippen molar-refractivity contribution >= 4 is 11.6 Å². The van der Waals surface area contributed by atoms with Crippen LogP contribution in [0.25, 0.3) is 0 Å². The van der Waals surface area contributed by atoms with Crippen LogP contribution in [0.1, 0.15) is 29.7 Å². The highest BCUT2D eigenvalue weighted by Gasteiger charge is 2.15. The van der Waals surface area contributed by atoms with Gasteiger partial charge in [0.1, 0.15) is 5.82 Å². The average molecular weight is 314 g/mol. The van der Waals surface area contributed by atoms with E-state index in [9.17, 15) is 9.18 Å². The van der Waals surface area contributed by atoms with Crippen molar-refractivity contribution in [2.45, 2.75) is 26.8 Å². The summed E-state index contributed by atoms with van der Waals surface area (Å²) in [6.45, 7) is 6.29. The molecule has 2 rings (SSSR count). The Kier molecular flexibility index (Phi) is 5.50. The molecule has 23 heavy (non-hydrogen) atoms. The topological polar surface area (TPSA) is 32.3 Å². The van der Waals surface area contributed by atoms with Crippen LogP contribution >= 0.6 is 0 Å². The molecule has 0 saturated heterocycles. The lowest BCUT2D eigenvalue weighted by Gasteiger charge is -2.24. The lowest BCUT2D eigenvalue weighted by atomic mass is 10.1. The molecule has 0 spiro atoms. The lowest BCUT2D eigenvalue weighted by molar-refractivity contribution is -0.117. The van der Waals surface area contributed by atoms with Crippen molar-refractivity contribution in [1.82, 2.24) is 4.90 Å². The maximum Gasteiger partial charge on any atom is 0.238 e. The molecule has 122 valence electrons. The highest BCUT2D eigenvalue weighted by molar-refractivity contribution is 5.93. The number of carbonyl (C=O) groups excluding carboxylic acids is 1. The summed E-state index contributed by atoms with van der Waals surface area (Å²) in [5, 5.41) is 2.96. The van der Waals surface area contributed by atoms with Crippen molar-refractivity contribution in [3.8, 4) is 0 Å². The Hall–Kier alpha value is -2.20. The van der Waals surface area contributed by atoms with Crippen molar-refractivity contribution in [2.75, 3.05) is 18.9 Å². The highest BCUT2D eigenvalue weighted by atomic mass is 19.1. The quantitative estimate of drug-likeness (QED) is 0.902. The largest absolute Gasteiger partial charge is 0.325 e. The standard InChI is InChI=1S/C19H23FN2O/c1-13-6-5-7-18(14(13)2)21-19(23)12-22(4)15(3)16-8-10-17(20)11-9-16/h5-11,15H,12H2,1-4H3,(H,21,23)/t15-/m1/s1. The van der Waals surface area contributed by atoms with E-state index in [1.807, 2.05) is 50.9 Å². The Morgan fingerprint density at radius 1 is 1.17 bits per heavy atom. The minimum absolute atomic E-state index is 0.0277. The van der Waals surface area contributed by atoms with Crippen LogP contribution < -0.4 is 5.32 Å². The minimum atomic E-state index is -0.253. The molecular weight excluding hydrogens is 291 g/mol. The van der Waals surface area contributed by atoms with E-state index < -0.39 is 0 Å². The van der Waals surface area contributed by atoms with Gasteiger partial charge in [-0.3, -0.25) is 9.69 Å². The molecule has 0 aromatic heterocycles. The first kappa shape index (κ1) is 17.2. The number of benzene rings is 2. The monoisotopic (exact) mass is 314 g/mol. The van der Waals surface area contributed by atoms with Crippen molar-refractivity contribution in [1.29, 1.82) is 0 Å². The molecule has 0 bridgehead atoms. The summed E-state index contributed by atoms with van der Waals surface area (Å²) in [5.74, 6) is -0.313. The van der Waals surface area contributed by atoms with Crippen LogP contribution in [0.15, 0.2) is 42.5 Å². The molecule has 0 aliphatic carbocycles. The predicted molar refractivity (Wildman–Crippen MR) is 92.0 cm³/mol. The van der Waals surface area contributed by atoms with E-state index in [0.717, 1.165) is 22.4 Å². The second kappa shape index (κ2) is 7.38. The van der Waals surface area contributed by atoms with Crippen LogP contribution in [-0.2, 0) is 4.79 Å². The van der Waals surface area contributed by atoms with E-state index >= 15 is 0 Å². The molecule has 0 aliphatic rings. The highest BCUT2D eigenvalue weighted by Crippen LogP contribution is 2.20. The SMILES string of the molecule is Cc1cccc(NC(=O)CN(C)[C@H](C)c2ccc(F)cc2)c1C. The van der Waals surface area contributed by atoms with E-state index in [2.05, 4.69) is 5.32 Å². The van der Waals surface area contributed by atoms with E-state index in [4.69, 9.17) is 0 Å². The van der Waals surface area contributed by atoms with Gasteiger partial charge in [-0.15, -0.1) is 0 Å². The number of aryl methyl sites for hydroxylation is 1. The van der Waals surface area contributed by atoms with Gasteiger partial charge in [-0.1, -0.05) is 24.3 Å². The first-order chi connectivity index (χ1) is 10.9. The summed E-state index contributed by atoms with van der Waals surface area (Å²) in [6.07, 6.45) is 0. The van der Waals surface area contributed by atoms with E-state index in [0.29, 0.717) is 0 Å². The van der Waals surface area contributed by atoms with E-state index in [1.54, 1.807) is 12.1 Å². The first-order valence-corrected chi connectivity index (χ1v) is 7.70. The van der Waals surface area contributed by atoms with Crippen molar-refractivity contribution in [3.63, 3.8) is 0 Å². The molecule has 0 unspecified atom stereocenters. The molecule has 2 aromatic rings. The summed E-state index contributed by atoms with van der Waals surface area (Å²) >= 11 is 0. The Morgan fingerprint density at radius 2 is 1.83 bits per heavy atom. The summed E-state index contributed by atoms with van der Waals surface area (Å²) in [5.41, 5.74) is 4.05. The number of hydrogen-bond acceptors (Lipinski definition) is 2. The Bertz CT molecular complexity index is 682. The molecule has 2 aromatic carbocycles. The van der Waals surface area contributed by atoms with Gasteiger partial charge in [0, 0.05) is 11.7 Å². The number of nitrogens with zero attached hydrogens (tertiary/aromatic N) is 1. The minimum Gasteiger partial charge on any atom is -0.325 e. The zero-order chi connectivity index (χ0) is 17.0. The van der Waals surface area contributed by atoms with Crippen LogP contribution in [0.5, 0.6) is 0 Å². The van der Waals surface area contributed by atoms with Crippen LogP contribution in [0, 0.1) is 19.7 Å². The molecule has 0 radical (unpaired) electrons. The van der Waals surface area contributed by atoms with E-state index in [1.165, 1.54) is 12.1 Å². The molecule has 0 aliphatic heterocycles. The van der Waals surface area contributed by atoms with Crippen molar-refractivity contribution < 1.29 is 9.18 Å². The number of amides is 1. The zero-order valence-electron chi connectivity index (χ0n) is 14.1. The number of likely N-dealkylation sites (N-methyl/N-ethyl adjacent to an activating group) is 1. The fourth-order valence-electron chi connectivity index (χ4n) is 2.44. The third-order valence-corrected chi connectivity index (χ3v) is 4.29. The fraction of sp³-hybridized carbons (Fsp3) is 0.316. The number of hydrogen-bond donors (Lipinski definition) is 1. The molecule has 4 heteroatoms. The fourth-order valence-corrected chi connectivity index (χ4v) is 2.44. The van der Waals surface area contributed by atoms with Gasteiger partial charge in [0.2, 0.25) is 5.91 Å². The first-order valence-electron chi connectivity index (χ1n) is 7.70. The van der Waals surface area contributed by atoms with Gasteiger partial charge >= 0.3 is 0 Å². The zero-order valence-corrected chi connectivity index (χ0v) is 14.1. The Balaban J connectivity index is 1.99. The smallest absolute Gasteiger partial charge is 0.238 e. The molecule has 0 saturated carbocycles. The number of anilines is 1. The molecular formula is C19H23FN2O. The molecule has 1 atom stereocenters. The van der Waals surface area contributed by atoms with Crippen LogP contribution in [0.4, 0.5) is 10.1 Å². The molecule has 1 N–H and O–H groups in total. The van der Waals surface area contributed by atoms with E-state index in [-0.39, 0.29) is 24.3 Å². The number of nitrogens with one attached hydrogen (secondary N) is 1. The maximum absolute atomic E-state index is 13.0. The summed E-state index contributed by atoms with van der Waals surface area (Å²) in [6, 6.07) is 12.3. The second-order valence-corrected chi connectivity index (χ2v) is 5.94. The van der Waals surface area contributed by atoms with Gasteiger partial charge in [-0.25, -0.2) is 4.39 Å². The van der Waals surface area contributed by atoms with Gasteiger partial charge < -0.3 is 5.32 Å². The molecule has 0 fully saturated rings. The van der Waals surface area contributed by atoms with Gasteiger partial charge in [-0.05, 0) is 62.7 Å². The van der Waals surface area contributed by atoms with Gasteiger partial charge in [-0.2, -0.15) is 0 Å². The third kappa shape index (κ3) is 4.39. The number of rotatable bonds is 5. The summed E-state index contributed by atoms with van der Waals surface area (Å²) in [7, 11) is 1.89. The molecule has 3 nitrogen and oxygen atoms in total. The van der Waals surface area contributed by atoms with Gasteiger partial charge in [0.05, 0.1) is 6.54 Å². The summed E-state index contributed by atoms with van der Waals surface area (Å²) in [4.78, 5) is 14.2. The Labute approximate surface area is 137 Å². The normalized spacial score (nSPS) is 12.3. The summed E-state index contributed by atoms with van der Waals surface area (Å²) < 4.78 is 13.0. The van der Waals surface area contributed by atoms with Crippen LogP contribution in [-0.4, -0.2) is 24.4 Å². The van der Waals surface area contributed by atoms with Crippen LogP contribution in [0.3, 0.4) is 0 Å². The third-order valence-electron chi connectivity index (χ3n) is 4.29. The molecule has 0 heterocycles. The second-order valence-electron chi connectivity index (χ2n) is 5.94. The predicted octanol–water partition coefficient (Wildman–Crippen LogP) is 4.07. The molecule has 1 amide bonds. The maximum atomic E-state index is 13.0. The Morgan fingerprint density at radius 3 is 2.48 bits per heavy atom. The number of halogens is 1.